The highest BCUT2D eigenvalue weighted by Gasteiger charge is 2.29. The van der Waals surface area contributed by atoms with Crippen LogP contribution < -0.4 is 14.4 Å². The van der Waals surface area contributed by atoms with Crippen LogP contribution in [0.4, 0.5) is 5.82 Å². The summed E-state index contributed by atoms with van der Waals surface area (Å²) in [5.74, 6) is 2.68. The summed E-state index contributed by atoms with van der Waals surface area (Å²) >= 11 is 6.14. The molecule has 3 aromatic rings. The second-order valence-corrected chi connectivity index (χ2v) is 9.64. The number of ether oxygens (including phenoxy) is 2. The van der Waals surface area contributed by atoms with Crippen LogP contribution in [0.1, 0.15) is 42.0 Å². The molecular weight excluding hydrogens is 460 g/mol. The number of rotatable bonds is 8. The van der Waals surface area contributed by atoms with E-state index in [1.54, 1.807) is 13.3 Å². The third kappa shape index (κ3) is 5.88. The molecule has 35 heavy (non-hydrogen) atoms. The van der Waals surface area contributed by atoms with Crippen molar-refractivity contribution < 1.29 is 9.47 Å². The standard InChI is InChI=1S/C28H33ClN4O2/c1-34-24-9-10-25-22(20-24)12-16-33(27-11-13-30-28(29)31-27)26(25)19-21-5-7-23(8-6-21)35-18-17-32-14-3-2-4-15-32/h5-11,13,20,26H,2-4,12,14-19H2,1H3. The number of methoxy groups -OCH3 is 1. The Balaban J connectivity index is 1.31. The van der Waals surface area contributed by atoms with Gasteiger partial charge in [-0.2, -0.15) is 0 Å². The van der Waals surface area contributed by atoms with Gasteiger partial charge in [0, 0.05) is 19.3 Å². The van der Waals surface area contributed by atoms with Gasteiger partial charge in [0.05, 0.1) is 13.2 Å². The van der Waals surface area contributed by atoms with Gasteiger partial charge in [-0.15, -0.1) is 0 Å². The Morgan fingerprint density at radius 3 is 2.54 bits per heavy atom. The summed E-state index contributed by atoms with van der Waals surface area (Å²) in [4.78, 5) is 13.4. The number of aromatic nitrogens is 2. The minimum absolute atomic E-state index is 0.140. The molecule has 0 saturated carbocycles. The average molecular weight is 493 g/mol. The first-order valence-corrected chi connectivity index (χ1v) is 12.9. The first-order chi connectivity index (χ1) is 17.2. The third-order valence-electron chi connectivity index (χ3n) is 7.09. The van der Waals surface area contributed by atoms with E-state index < -0.39 is 0 Å². The molecule has 0 amide bonds. The summed E-state index contributed by atoms with van der Waals surface area (Å²) < 4.78 is 11.5. The number of nitrogens with zero attached hydrogens (tertiary/aromatic N) is 4. The van der Waals surface area contributed by atoms with Crippen molar-refractivity contribution in [2.45, 2.75) is 38.1 Å². The monoisotopic (exact) mass is 492 g/mol. The molecule has 1 unspecified atom stereocenters. The molecule has 1 fully saturated rings. The van der Waals surface area contributed by atoms with E-state index in [1.807, 2.05) is 12.1 Å². The molecule has 2 aromatic carbocycles. The molecule has 0 aliphatic carbocycles. The number of anilines is 1. The molecule has 5 rings (SSSR count). The fourth-order valence-electron chi connectivity index (χ4n) is 5.22. The molecule has 184 valence electrons. The third-order valence-corrected chi connectivity index (χ3v) is 7.27. The normalized spacial score (nSPS) is 18.2. The summed E-state index contributed by atoms with van der Waals surface area (Å²) in [6.07, 6.45) is 7.48. The lowest BCUT2D eigenvalue weighted by atomic mass is 9.88. The second-order valence-electron chi connectivity index (χ2n) is 9.31. The molecule has 7 heteroatoms. The van der Waals surface area contributed by atoms with Crippen molar-refractivity contribution in [3.63, 3.8) is 0 Å². The zero-order chi connectivity index (χ0) is 24.0. The summed E-state index contributed by atoms with van der Waals surface area (Å²) in [5, 5.41) is 0.271. The van der Waals surface area contributed by atoms with Gasteiger partial charge in [-0.25, -0.2) is 9.97 Å². The fraction of sp³-hybridized carbons (Fsp3) is 0.429. The van der Waals surface area contributed by atoms with Gasteiger partial charge in [-0.3, -0.25) is 4.90 Å². The highest BCUT2D eigenvalue weighted by atomic mass is 35.5. The van der Waals surface area contributed by atoms with Gasteiger partial charge in [-0.05, 0) is 97.4 Å². The summed E-state index contributed by atoms with van der Waals surface area (Å²) in [7, 11) is 1.72. The van der Waals surface area contributed by atoms with Crippen LogP contribution >= 0.6 is 11.6 Å². The molecule has 2 aliphatic rings. The first-order valence-electron chi connectivity index (χ1n) is 12.6. The van der Waals surface area contributed by atoms with E-state index in [2.05, 4.69) is 56.2 Å². The van der Waals surface area contributed by atoms with E-state index in [9.17, 15) is 0 Å². The Labute approximate surface area is 212 Å². The number of hydrogen-bond acceptors (Lipinski definition) is 6. The molecule has 6 nitrogen and oxygen atoms in total. The molecule has 1 aromatic heterocycles. The van der Waals surface area contributed by atoms with E-state index in [0.717, 1.165) is 49.9 Å². The van der Waals surface area contributed by atoms with Gasteiger partial charge in [-0.1, -0.05) is 24.6 Å². The Hall–Kier alpha value is -2.83. The van der Waals surface area contributed by atoms with Gasteiger partial charge in [0.25, 0.3) is 0 Å². The molecule has 0 bridgehead atoms. The Bertz CT molecular complexity index is 1120. The molecule has 0 radical (unpaired) electrons. The van der Waals surface area contributed by atoms with Crippen LogP contribution in [0.3, 0.4) is 0 Å². The highest BCUT2D eigenvalue weighted by Crippen LogP contribution is 2.37. The molecular formula is C28H33ClN4O2. The van der Waals surface area contributed by atoms with Crippen molar-refractivity contribution in [3.05, 3.63) is 76.7 Å². The minimum atomic E-state index is 0.140. The predicted octanol–water partition coefficient (Wildman–Crippen LogP) is 5.35. The molecule has 1 saturated heterocycles. The van der Waals surface area contributed by atoms with E-state index in [0.29, 0.717) is 0 Å². The lowest BCUT2D eigenvalue weighted by Gasteiger charge is -2.38. The zero-order valence-corrected chi connectivity index (χ0v) is 21.1. The van der Waals surface area contributed by atoms with E-state index in [-0.39, 0.29) is 11.3 Å². The molecule has 3 heterocycles. The molecule has 1 atom stereocenters. The van der Waals surface area contributed by atoms with E-state index in [1.165, 1.54) is 49.0 Å². The maximum absolute atomic E-state index is 6.14. The first kappa shape index (κ1) is 23.9. The lowest BCUT2D eigenvalue weighted by molar-refractivity contribution is 0.183. The number of piperidine rings is 1. The van der Waals surface area contributed by atoms with Crippen molar-refractivity contribution in [2.75, 3.05) is 44.8 Å². The van der Waals surface area contributed by atoms with Crippen LogP contribution in [-0.2, 0) is 12.8 Å². The van der Waals surface area contributed by atoms with Gasteiger partial charge in [0.15, 0.2) is 0 Å². The summed E-state index contributed by atoms with van der Waals surface area (Å²) in [6.45, 7) is 4.99. The fourth-order valence-corrected chi connectivity index (χ4v) is 5.36. The van der Waals surface area contributed by atoms with Crippen LogP contribution in [0.25, 0.3) is 0 Å². The van der Waals surface area contributed by atoms with Gasteiger partial charge >= 0.3 is 0 Å². The molecule has 0 spiro atoms. The largest absolute Gasteiger partial charge is 0.497 e. The second kappa shape index (κ2) is 11.3. The number of likely N-dealkylation sites (tertiary alicyclic amines) is 1. The summed E-state index contributed by atoms with van der Waals surface area (Å²) in [5.41, 5.74) is 3.88. The van der Waals surface area contributed by atoms with Crippen LogP contribution in [0.5, 0.6) is 11.5 Å². The number of fused-ring (bicyclic) bond motifs is 1. The van der Waals surface area contributed by atoms with E-state index in [4.69, 9.17) is 21.1 Å². The van der Waals surface area contributed by atoms with E-state index >= 15 is 0 Å². The number of halogens is 1. The van der Waals surface area contributed by atoms with Crippen molar-refractivity contribution in [2.24, 2.45) is 0 Å². The predicted molar refractivity (Wildman–Crippen MR) is 140 cm³/mol. The average Bonchev–Trinajstić information content (AvgIpc) is 2.90. The maximum atomic E-state index is 6.14. The quantitative estimate of drug-likeness (QED) is 0.395. The molecule has 0 N–H and O–H groups in total. The van der Waals surface area contributed by atoms with Gasteiger partial charge < -0.3 is 14.4 Å². The van der Waals surface area contributed by atoms with Crippen LogP contribution in [0.15, 0.2) is 54.7 Å². The maximum Gasteiger partial charge on any atom is 0.224 e. The zero-order valence-electron chi connectivity index (χ0n) is 20.3. The Kier molecular flexibility index (Phi) is 7.69. The Morgan fingerprint density at radius 2 is 1.77 bits per heavy atom. The SMILES string of the molecule is COc1ccc2c(c1)CCN(c1ccnc(Cl)n1)C2Cc1ccc(OCCN2CCCCC2)cc1. The highest BCUT2D eigenvalue weighted by molar-refractivity contribution is 6.28. The number of benzene rings is 2. The summed E-state index contributed by atoms with van der Waals surface area (Å²) in [6, 6.07) is 17.0. The smallest absolute Gasteiger partial charge is 0.224 e. The van der Waals surface area contributed by atoms with Crippen LogP contribution in [0, 0.1) is 0 Å². The van der Waals surface area contributed by atoms with Crippen LogP contribution in [0.2, 0.25) is 5.28 Å². The van der Waals surface area contributed by atoms with Crippen molar-refractivity contribution in [1.29, 1.82) is 0 Å². The van der Waals surface area contributed by atoms with Crippen molar-refractivity contribution in [3.8, 4) is 11.5 Å². The molecule has 2 aliphatic heterocycles. The Morgan fingerprint density at radius 1 is 0.971 bits per heavy atom. The van der Waals surface area contributed by atoms with Crippen molar-refractivity contribution in [1.82, 2.24) is 14.9 Å². The minimum Gasteiger partial charge on any atom is -0.497 e. The lowest BCUT2D eigenvalue weighted by Crippen LogP contribution is -2.37. The van der Waals surface area contributed by atoms with Gasteiger partial charge in [0.1, 0.15) is 23.9 Å². The van der Waals surface area contributed by atoms with Crippen LogP contribution in [-0.4, -0.2) is 54.8 Å². The van der Waals surface area contributed by atoms with Crippen molar-refractivity contribution >= 4 is 17.4 Å². The topological polar surface area (TPSA) is 50.7 Å². The number of hydrogen-bond donors (Lipinski definition) is 0. The van der Waals surface area contributed by atoms with Gasteiger partial charge in [0.2, 0.25) is 5.28 Å².